The number of ether oxygens (including phenoxy) is 1. The summed E-state index contributed by atoms with van der Waals surface area (Å²) in [4.78, 5) is 24.2. The molecule has 1 aliphatic rings. The lowest BCUT2D eigenvalue weighted by Crippen LogP contribution is -2.35. The second-order valence-corrected chi connectivity index (χ2v) is 9.13. The molecule has 1 aliphatic carbocycles. The van der Waals surface area contributed by atoms with Crippen molar-refractivity contribution in [2.24, 2.45) is 17.8 Å². The summed E-state index contributed by atoms with van der Waals surface area (Å²) < 4.78 is 5.88. The van der Waals surface area contributed by atoms with Gasteiger partial charge >= 0.3 is 11.9 Å². The van der Waals surface area contributed by atoms with Gasteiger partial charge in [0, 0.05) is 0 Å². The fourth-order valence-corrected chi connectivity index (χ4v) is 4.25. The molecule has 0 aliphatic heterocycles. The van der Waals surface area contributed by atoms with Crippen LogP contribution in [0, 0.1) is 17.8 Å². The smallest absolute Gasteiger partial charge is 0.310 e. The highest BCUT2D eigenvalue weighted by atomic mass is 16.5. The van der Waals surface area contributed by atoms with E-state index in [9.17, 15) is 14.7 Å². The van der Waals surface area contributed by atoms with Crippen LogP contribution in [0.1, 0.15) is 117 Å². The molecule has 1 saturated carbocycles. The van der Waals surface area contributed by atoms with Crippen LogP contribution < -0.4 is 0 Å². The summed E-state index contributed by atoms with van der Waals surface area (Å²) in [5.74, 6) is -1.54. The van der Waals surface area contributed by atoms with Crippen molar-refractivity contribution in [2.75, 3.05) is 0 Å². The number of rotatable bonds is 15. The molecule has 1 fully saturated rings. The topological polar surface area (TPSA) is 63.6 Å². The Hall–Kier alpha value is -1.06. The molecule has 0 aromatic rings. The van der Waals surface area contributed by atoms with Crippen LogP contribution in [0.5, 0.6) is 0 Å². The minimum Gasteiger partial charge on any atom is -0.481 e. The first-order valence-electron chi connectivity index (χ1n) is 11.9. The lowest BCUT2D eigenvalue weighted by Gasteiger charge is -2.29. The monoisotopic (exact) mass is 396 g/mol. The van der Waals surface area contributed by atoms with E-state index in [4.69, 9.17) is 4.74 Å². The Kier molecular flexibility index (Phi) is 13.3. The molecule has 0 aromatic heterocycles. The van der Waals surface area contributed by atoms with Crippen molar-refractivity contribution in [3.05, 3.63) is 0 Å². The number of hydrogen-bond acceptors (Lipinski definition) is 3. The number of esters is 1. The van der Waals surface area contributed by atoms with Crippen LogP contribution in [0.25, 0.3) is 0 Å². The molecule has 164 valence electrons. The van der Waals surface area contributed by atoms with Gasteiger partial charge in [0.05, 0.1) is 11.8 Å². The van der Waals surface area contributed by atoms with Gasteiger partial charge in [0.15, 0.2) is 0 Å². The molecule has 1 N–H and O–H groups in total. The van der Waals surface area contributed by atoms with Crippen molar-refractivity contribution >= 4 is 11.9 Å². The Balaban J connectivity index is 2.42. The van der Waals surface area contributed by atoms with E-state index in [0.717, 1.165) is 38.5 Å². The highest BCUT2D eigenvalue weighted by molar-refractivity contribution is 5.81. The summed E-state index contributed by atoms with van der Waals surface area (Å²) in [6.07, 6.45) is 16.0. The van der Waals surface area contributed by atoms with E-state index in [0.29, 0.717) is 18.8 Å². The van der Waals surface area contributed by atoms with Crippen LogP contribution >= 0.6 is 0 Å². The Morgan fingerprint density at radius 2 is 1.43 bits per heavy atom. The maximum Gasteiger partial charge on any atom is 0.310 e. The third-order valence-electron chi connectivity index (χ3n) is 6.11. The van der Waals surface area contributed by atoms with Crippen molar-refractivity contribution in [1.82, 2.24) is 0 Å². The van der Waals surface area contributed by atoms with Crippen molar-refractivity contribution in [1.29, 1.82) is 0 Å². The van der Waals surface area contributed by atoms with E-state index in [1.165, 1.54) is 44.9 Å². The van der Waals surface area contributed by atoms with E-state index in [-0.39, 0.29) is 12.1 Å². The van der Waals surface area contributed by atoms with E-state index in [1.54, 1.807) is 0 Å². The number of carboxylic acids is 1. The predicted octanol–water partition coefficient (Wildman–Crippen LogP) is 6.76. The fraction of sp³-hybridized carbons (Fsp3) is 0.917. The Bertz CT molecular complexity index is 432. The van der Waals surface area contributed by atoms with Crippen LogP contribution in [0.2, 0.25) is 0 Å². The largest absolute Gasteiger partial charge is 0.481 e. The van der Waals surface area contributed by atoms with Gasteiger partial charge in [-0.25, -0.2) is 0 Å². The zero-order chi connectivity index (χ0) is 20.8. The van der Waals surface area contributed by atoms with Crippen LogP contribution in [0.3, 0.4) is 0 Å². The molecule has 0 radical (unpaired) electrons. The summed E-state index contributed by atoms with van der Waals surface area (Å²) in [6.45, 7) is 6.62. The van der Waals surface area contributed by atoms with Gasteiger partial charge in [-0.3, -0.25) is 9.59 Å². The Labute approximate surface area is 172 Å². The first-order valence-corrected chi connectivity index (χ1v) is 11.9. The van der Waals surface area contributed by atoms with Crippen LogP contribution in [-0.4, -0.2) is 23.1 Å². The van der Waals surface area contributed by atoms with E-state index in [2.05, 4.69) is 20.8 Å². The second kappa shape index (κ2) is 14.9. The maximum atomic E-state index is 12.7. The van der Waals surface area contributed by atoms with Gasteiger partial charge in [-0.05, 0) is 44.4 Å². The molecular formula is C24H44O4. The minimum atomic E-state index is -0.844. The van der Waals surface area contributed by atoms with Gasteiger partial charge in [0.1, 0.15) is 6.10 Å². The highest BCUT2D eigenvalue weighted by Gasteiger charge is 2.37. The van der Waals surface area contributed by atoms with Crippen molar-refractivity contribution < 1.29 is 19.4 Å². The third-order valence-corrected chi connectivity index (χ3v) is 6.11. The molecule has 0 heterocycles. The highest BCUT2D eigenvalue weighted by Crippen LogP contribution is 2.32. The summed E-state index contributed by atoms with van der Waals surface area (Å²) in [5.41, 5.74) is 0. The molecule has 3 atom stereocenters. The summed E-state index contributed by atoms with van der Waals surface area (Å²) >= 11 is 0. The molecule has 0 spiro atoms. The van der Waals surface area contributed by atoms with Gasteiger partial charge < -0.3 is 9.84 Å². The van der Waals surface area contributed by atoms with Gasteiger partial charge in [0.25, 0.3) is 0 Å². The van der Waals surface area contributed by atoms with Gasteiger partial charge in [-0.15, -0.1) is 0 Å². The van der Waals surface area contributed by atoms with Crippen molar-refractivity contribution in [2.45, 2.75) is 123 Å². The SMILES string of the molecule is CCCCCCCCCCC(CCC(C)C)OC(=O)C1CCCCC1C(=O)O. The molecule has 4 nitrogen and oxygen atoms in total. The normalized spacial score (nSPS) is 20.9. The Morgan fingerprint density at radius 1 is 0.857 bits per heavy atom. The van der Waals surface area contributed by atoms with E-state index >= 15 is 0 Å². The van der Waals surface area contributed by atoms with Crippen LogP contribution in [0.15, 0.2) is 0 Å². The number of carboxylic acid groups (broad SMARTS) is 1. The number of hydrogen-bond donors (Lipinski definition) is 1. The minimum absolute atomic E-state index is 0.0497. The molecule has 0 aromatic carbocycles. The third kappa shape index (κ3) is 10.5. The molecule has 0 amide bonds. The maximum absolute atomic E-state index is 12.7. The molecule has 4 heteroatoms. The van der Waals surface area contributed by atoms with E-state index in [1.807, 2.05) is 0 Å². The average Bonchev–Trinajstić information content (AvgIpc) is 2.67. The molecule has 1 rings (SSSR count). The number of aliphatic carboxylic acids is 1. The summed E-state index contributed by atoms with van der Waals surface area (Å²) in [5, 5.41) is 9.44. The van der Waals surface area contributed by atoms with Crippen molar-refractivity contribution in [3.8, 4) is 0 Å². The molecule has 28 heavy (non-hydrogen) atoms. The lowest BCUT2D eigenvalue weighted by molar-refractivity contribution is -0.164. The number of unbranched alkanes of at least 4 members (excludes halogenated alkanes) is 7. The molecule has 3 unspecified atom stereocenters. The zero-order valence-electron chi connectivity index (χ0n) is 18.6. The lowest BCUT2D eigenvalue weighted by atomic mass is 9.79. The van der Waals surface area contributed by atoms with Crippen LogP contribution in [0.4, 0.5) is 0 Å². The first-order chi connectivity index (χ1) is 13.5. The Morgan fingerprint density at radius 3 is 2.00 bits per heavy atom. The van der Waals surface area contributed by atoms with Gasteiger partial charge in [0.2, 0.25) is 0 Å². The van der Waals surface area contributed by atoms with Crippen LogP contribution in [-0.2, 0) is 14.3 Å². The fourth-order valence-electron chi connectivity index (χ4n) is 4.25. The summed E-state index contributed by atoms with van der Waals surface area (Å²) in [6, 6.07) is 0. The zero-order valence-corrected chi connectivity index (χ0v) is 18.6. The quantitative estimate of drug-likeness (QED) is 0.245. The second-order valence-electron chi connectivity index (χ2n) is 9.13. The van der Waals surface area contributed by atoms with E-state index < -0.39 is 17.8 Å². The number of carbonyl (C=O) groups excluding carboxylic acids is 1. The molecule has 0 saturated heterocycles. The molecule has 0 bridgehead atoms. The predicted molar refractivity (Wildman–Crippen MR) is 114 cm³/mol. The molecular weight excluding hydrogens is 352 g/mol. The van der Waals surface area contributed by atoms with Gasteiger partial charge in [-0.1, -0.05) is 78.6 Å². The first kappa shape index (κ1) is 25.0. The standard InChI is InChI=1S/C24H44O4/c1-4-5-6-7-8-9-10-11-14-20(18-17-19(2)3)28-24(27)22-16-13-12-15-21(22)23(25)26/h19-22H,4-18H2,1-3H3,(H,25,26). The summed E-state index contributed by atoms with van der Waals surface area (Å²) in [7, 11) is 0. The van der Waals surface area contributed by atoms with Crippen molar-refractivity contribution in [3.63, 3.8) is 0 Å². The van der Waals surface area contributed by atoms with Gasteiger partial charge in [-0.2, -0.15) is 0 Å². The number of carbonyl (C=O) groups is 2. The average molecular weight is 397 g/mol.